The molecule has 1 atom stereocenters. The molecule has 0 amide bonds. The summed E-state index contributed by atoms with van der Waals surface area (Å²) in [5, 5.41) is 6.58. The second-order valence-corrected chi connectivity index (χ2v) is 5.91. The van der Waals surface area contributed by atoms with Gasteiger partial charge < -0.3 is 20.3 Å². The molecule has 0 radical (unpaired) electrons. The van der Waals surface area contributed by atoms with Crippen LogP contribution in [0.15, 0.2) is 23.3 Å². The number of methoxy groups -OCH3 is 1. The zero-order chi connectivity index (χ0) is 16.5. The summed E-state index contributed by atoms with van der Waals surface area (Å²) in [5.41, 5.74) is 1.12. The van der Waals surface area contributed by atoms with Gasteiger partial charge in [-0.15, -0.1) is 24.0 Å². The van der Waals surface area contributed by atoms with E-state index in [-0.39, 0.29) is 30.0 Å². The first kappa shape index (κ1) is 21.0. The highest BCUT2D eigenvalue weighted by atomic mass is 127. The number of aromatic nitrogens is 1. The third kappa shape index (κ3) is 6.80. The van der Waals surface area contributed by atoms with Crippen LogP contribution < -0.4 is 15.5 Å². The van der Waals surface area contributed by atoms with E-state index in [0.717, 1.165) is 37.0 Å². The summed E-state index contributed by atoms with van der Waals surface area (Å²) in [6.07, 6.45) is 4.47. The Morgan fingerprint density at radius 3 is 2.71 bits per heavy atom. The average molecular weight is 447 g/mol. The molecule has 2 N–H and O–H groups in total. The minimum absolute atomic E-state index is 0. The Morgan fingerprint density at radius 1 is 1.38 bits per heavy atom. The summed E-state index contributed by atoms with van der Waals surface area (Å²) in [6.45, 7) is 8.47. The molecule has 24 heavy (non-hydrogen) atoms. The van der Waals surface area contributed by atoms with Crippen LogP contribution >= 0.6 is 24.0 Å². The first-order valence-corrected chi connectivity index (χ1v) is 8.46. The quantitative estimate of drug-likeness (QED) is 0.382. The number of nitrogens with zero attached hydrogens (tertiary/aromatic N) is 3. The average Bonchev–Trinajstić information content (AvgIpc) is 3.08. The van der Waals surface area contributed by atoms with E-state index in [2.05, 4.69) is 51.5 Å². The predicted octanol–water partition coefficient (Wildman–Crippen LogP) is 2.39. The van der Waals surface area contributed by atoms with Crippen molar-refractivity contribution in [1.82, 2.24) is 15.6 Å². The molecule has 1 aromatic rings. The molecule has 1 aliphatic heterocycles. The Morgan fingerprint density at radius 2 is 2.12 bits per heavy atom. The van der Waals surface area contributed by atoms with Crippen molar-refractivity contribution in [1.29, 1.82) is 0 Å². The first-order chi connectivity index (χ1) is 11.2. The van der Waals surface area contributed by atoms with Gasteiger partial charge in [0.05, 0.1) is 13.2 Å². The Balaban J connectivity index is 0.00000288. The van der Waals surface area contributed by atoms with E-state index in [1.165, 1.54) is 12.8 Å². The monoisotopic (exact) mass is 447 g/mol. The fourth-order valence-corrected chi connectivity index (χ4v) is 2.66. The van der Waals surface area contributed by atoms with Crippen LogP contribution in [0.2, 0.25) is 0 Å². The minimum Gasteiger partial charge on any atom is -0.383 e. The summed E-state index contributed by atoms with van der Waals surface area (Å²) in [6, 6.07) is 4.43. The molecule has 136 valence electrons. The van der Waals surface area contributed by atoms with Gasteiger partial charge in [0, 0.05) is 39.0 Å². The van der Waals surface area contributed by atoms with Gasteiger partial charge in [0.1, 0.15) is 5.82 Å². The smallest absolute Gasteiger partial charge is 0.191 e. The van der Waals surface area contributed by atoms with Crippen LogP contribution in [0.4, 0.5) is 5.82 Å². The van der Waals surface area contributed by atoms with Crippen molar-refractivity contribution in [3.63, 3.8) is 0 Å². The largest absolute Gasteiger partial charge is 0.383 e. The molecule has 2 rings (SSSR count). The Kier molecular flexibility index (Phi) is 10.0. The lowest BCUT2D eigenvalue weighted by Crippen LogP contribution is -2.43. The number of nitrogens with one attached hydrogen (secondary N) is 2. The number of ether oxygens (including phenoxy) is 1. The highest BCUT2D eigenvalue weighted by molar-refractivity contribution is 14.0. The van der Waals surface area contributed by atoms with E-state index in [1.54, 1.807) is 7.11 Å². The number of rotatable bonds is 7. The third-order valence-electron chi connectivity index (χ3n) is 3.80. The third-order valence-corrected chi connectivity index (χ3v) is 3.80. The summed E-state index contributed by atoms with van der Waals surface area (Å²) < 4.78 is 5.15. The van der Waals surface area contributed by atoms with Crippen LogP contribution in [0.1, 0.15) is 32.3 Å². The molecular weight excluding hydrogens is 417 g/mol. The molecular formula is C17H30IN5O. The lowest BCUT2D eigenvalue weighted by atomic mass is 10.3. The van der Waals surface area contributed by atoms with E-state index in [4.69, 9.17) is 4.74 Å². The van der Waals surface area contributed by atoms with Crippen molar-refractivity contribution in [3.05, 3.63) is 23.9 Å². The molecule has 2 heterocycles. The molecule has 0 aliphatic carbocycles. The van der Waals surface area contributed by atoms with E-state index in [1.807, 2.05) is 6.20 Å². The lowest BCUT2D eigenvalue weighted by molar-refractivity contribution is 0.179. The molecule has 1 aromatic heterocycles. The van der Waals surface area contributed by atoms with Crippen LogP contribution in [0, 0.1) is 0 Å². The number of guanidine groups is 1. The van der Waals surface area contributed by atoms with E-state index in [0.29, 0.717) is 13.2 Å². The normalized spacial score (nSPS) is 15.8. The van der Waals surface area contributed by atoms with Crippen molar-refractivity contribution in [2.24, 2.45) is 4.99 Å². The van der Waals surface area contributed by atoms with Gasteiger partial charge in [-0.2, -0.15) is 0 Å². The molecule has 0 bridgehead atoms. The van der Waals surface area contributed by atoms with Crippen LogP contribution in [-0.2, 0) is 11.3 Å². The van der Waals surface area contributed by atoms with Gasteiger partial charge in [-0.25, -0.2) is 9.98 Å². The molecule has 1 saturated heterocycles. The van der Waals surface area contributed by atoms with Gasteiger partial charge in [0.25, 0.3) is 0 Å². The number of aliphatic imine (C=N–C) groups is 1. The number of pyridine rings is 1. The second kappa shape index (κ2) is 11.5. The zero-order valence-corrected chi connectivity index (χ0v) is 17.2. The second-order valence-electron chi connectivity index (χ2n) is 5.91. The van der Waals surface area contributed by atoms with Gasteiger partial charge >= 0.3 is 0 Å². The van der Waals surface area contributed by atoms with Gasteiger partial charge in [-0.05, 0) is 38.3 Å². The van der Waals surface area contributed by atoms with Crippen LogP contribution in [0.3, 0.4) is 0 Å². The minimum atomic E-state index is 0. The summed E-state index contributed by atoms with van der Waals surface area (Å²) in [7, 11) is 1.70. The fraction of sp³-hybridized carbons (Fsp3) is 0.647. The van der Waals surface area contributed by atoms with E-state index >= 15 is 0 Å². The Bertz CT molecular complexity index is 488. The Labute approximate surface area is 162 Å². The number of hydrogen-bond acceptors (Lipinski definition) is 4. The van der Waals surface area contributed by atoms with E-state index < -0.39 is 0 Å². The zero-order valence-electron chi connectivity index (χ0n) is 14.9. The first-order valence-electron chi connectivity index (χ1n) is 8.46. The molecule has 1 aliphatic rings. The van der Waals surface area contributed by atoms with E-state index in [9.17, 15) is 0 Å². The maximum absolute atomic E-state index is 5.15. The van der Waals surface area contributed by atoms with Crippen LogP contribution in [0.5, 0.6) is 0 Å². The lowest BCUT2D eigenvalue weighted by Gasteiger charge is -2.17. The SMILES string of the molecule is CCNC(=NCc1ccc(N2CCCC2)nc1)NC(C)COC.I. The molecule has 7 heteroatoms. The number of hydrogen-bond donors (Lipinski definition) is 2. The molecule has 0 spiro atoms. The van der Waals surface area contributed by atoms with Gasteiger partial charge in [-0.3, -0.25) is 0 Å². The molecule has 0 aromatic carbocycles. The molecule has 0 saturated carbocycles. The number of halogens is 1. The van der Waals surface area contributed by atoms with Gasteiger partial charge in [0.2, 0.25) is 0 Å². The standard InChI is InChI=1S/C17H29N5O.HI/c1-4-18-17(21-14(2)13-23-3)20-12-15-7-8-16(19-11-15)22-9-5-6-10-22;/h7-8,11,14H,4-6,9-10,12-13H2,1-3H3,(H2,18,20,21);1H. The summed E-state index contributed by atoms with van der Waals surface area (Å²) in [4.78, 5) is 11.5. The van der Waals surface area contributed by atoms with Gasteiger partial charge in [0.15, 0.2) is 5.96 Å². The van der Waals surface area contributed by atoms with Crippen LogP contribution in [0.25, 0.3) is 0 Å². The number of anilines is 1. The van der Waals surface area contributed by atoms with Gasteiger partial charge in [-0.1, -0.05) is 6.07 Å². The maximum atomic E-state index is 5.15. The summed E-state index contributed by atoms with van der Waals surface area (Å²) in [5.74, 6) is 1.88. The van der Waals surface area contributed by atoms with Crippen LogP contribution in [-0.4, -0.2) is 50.3 Å². The molecule has 6 nitrogen and oxygen atoms in total. The summed E-state index contributed by atoms with van der Waals surface area (Å²) >= 11 is 0. The highest BCUT2D eigenvalue weighted by Gasteiger charge is 2.12. The molecule has 1 unspecified atom stereocenters. The maximum Gasteiger partial charge on any atom is 0.191 e. The topological polar surface area (TPSA) is 61.8 Å². The predicted molar refractivity (Wildman–Crippen MR) is 110 cm³/mol. The van der Waals surface area contributed by atoms with Crippen molar-refractivity contribution in [2.75, 3.05) is 38.3 Å². The highest BCUT2D eigenvalue weighted by Crippen LogP contribution is 2.17. The molecule has 1 fully saturated rings. The van der Waals surface area contributed by atoms with Crippen molar-refractivity contribution < 1.29 is 4.74 Å². The fourth-order valence-electron chi connectivity index (χ4n) is 2.66. The van der Waals surface area contributed by atoms with Crippen molar-refractivity contribution >= 4 is 35.8 Å². The Hall–Kier alpha value is -1.09. The van der Waals surface area contributed by atoms with Crippen molar-refractivity contribution in [3.8, 4) is 0 Å². The van der Waals surface area contributed by atoms with Crippen molar-refractivity contribution in [2.45, 2.75) is 39.3 Å².